The molecule has 5 nitrogen and oxygen atoms in total. The van der Waals surface area contributed by atoms with E-state index in [2.05, 4.69) is 15.0 Å². The molecule has 0 aliphatic rings. The molecule has 0 aliphatic heterocycles. The maximum atomic E-state index is 9.09. The Bertz CT molecular complexity index is 763. The molecule has 0 unspecified atom stereocenters. The molecule has 0 saturated carbocycles. The summed E-state index contributed by atoms with van der Waals surface area (Å²) in [5, 5.41) is 9.09. The van der Waals surface area contributed by atoms with Gasteiger partial charge in [-0.15, -0.1) is 0 Å². The van der Waals surface area contributed by atoms with Crippen LogP contribution in [0.2, 0.25) is 0 Å². The summed E-state index contributed by atoms with van der Waals surface area (Å²) in [5.41, 5.74) is 3.49. The monoisotopic (exact) mass is 272 g/mol. The molecule has 3 heterocycles. The zero-order chi connectivity index (χ0) is 13.2. The number of H-pyrrole nitrogens is 1. The van der Waals surface area contributed by atoms with E-state index >= 15 is 0 Å². The van der Waals surface area contributed by atoms with Gasteiger partial charge in [0.05, 0.1) is 24.4 Å². The molecule has 96 valence electrons. The molecule has 0 saturated heterocycles. The van der Waals surface area contributed by atoms with Crippen LogP contribution in [0.5, 0.6) is 0 Å². The predicted molar refractivity (Wildman–Crippen MR) is 75.2 cm³/mol. The van der Waals surface area contributed by atoms with Crippen LogP contribution >= 0.6 is 12.2 Å². The highest BCUT2D eigenvalue weighted by molar-refractivity contribution is 7.71. The van der Waals surface area contributed by atoms with Gasteiger partial charge in [0.15, 0.2) is 10.4 Å². The number of aromatic amines is 1. The highest BCUT2D eigenvalue weighted by atomic mass is 32.1. The van der Waals surface area contributed by atoms with Crippen LogP contribution in [0, 0.1) is 4.77 Å². The Hall–Kier alpha value is -2.05. The first-order chi connectivity index (χ1) is 9.29. The third-order valence-electron chi connectivity index (χ3n) is 2.92. The van der Waals surface area contributed by atoms with Gasteiger partial charge in [0.1, 0.15) is 0 Å². The quantitative estimate of drug-likeness (QED) is 0.717. The zero-order valence-corrected chi connectivity index (χ0v) is 10.9. The molecule has 0 amide bonds. The van der Waals surface area contributed by atoms with Crippen LogP contribution in [0.3, 0.4) is 0 Å². The summed E-state index contributed by atoms with van der Waals surface area (Å²) in [6.07, 6.45) is 3.47. The molecule has 0 aromatic carbocycles. The van der Waals surface area contributed by atoms with Crippen LogP contribution in [0.25, 0.3) is 22.4 Å². The molecular formula is C13H12N4OS. The van der Waals surface area contributed by atoms with Crippen LogP contribution in [0.15, 0.2) is 36.7 Å². The number of pyridine rings is 2. The Morgan fingerprint density at radius 3 is 2.74 bits per heavy atom. The lowest BCUT2D eigenvalue weighted by atomic mass is 10.2. The first kappa shape index (κ1) is 12.0. The second-order valence-corrected chi connectivity index (χ2v) is 4.50. The van der Waals surface area contributed by atoms with Crippen LogP contribution in [0.4, 0.5) is 0 Å². The van der Waals surface area contributed by atoms with Crippen molar-refractivity contribution in [2.24, 2.45) is 0 Å². The van der Waals surface area contributed by atoms with E-state index in [1.807, 2.05) is 24.3 Å². The first-order valence-electron chi connectivity index (χ1n) is 5.90. The Balaban J connectivity index is 2.19. The highest BCUT2D eigenvalue weighted by Crippen LogP contribution is 2.20. The molecule has 3 rings (SSSR count). The summed E-state index contributed by atoms with van der Waals surface area (Å²) < 4.78 is 2.37. The van der Waals surface area contributed by atoms with Gasteiger partial charge in [0.2, 0.25) is 0 Å². The zero-order valence-electron chi connectivity index (χ0n) is 10.1. The van der Waals surface area contributed by atoms with Gasteiger partial charge in [-0.3, -0.25) is 9.55 Å². The first-order valence-corrected chi connectivity index (χ1v) is 6.31. The second-order valence-electron chi connectivity index (χ2n) is 4.11. The van der Waals surface area contributed by atoms with Crippen molar-refractivity contribution in [3.8, 4) is 11.3 Å². The fraction of sp³-hybridized carbons (Fsp3) is 0.154. The van der Waals surface area contributed by atoms with Gasteiger partial charge in [-0.25, -0.2) is 4.98 Å². The second kappa shape index (κ2) is 4.91. The van der Waals surface area contributed by atoms with E-state index in [9.17, 15) is 0 Å². The molecule has 0 fully saturated rings. The number of rotatable bonds is 3. The van der Waals surface area contributed by atoms with Gasteiger partial charge in [0, 0.05) is 18.0 Å². The summed E-state index contributed by atoms with van der Waals surface area (Å²) in [4.78, 5) is 11.7. The number of fused-ring (bicyclic) bond motifs is 1. The van der Waals surface area contributed by atoms with Crippen molar-refractivity contribution in [2.75, 3.05) is 6.61 Å². The summed E-state index contributed by atoms with van der Waals surface area (Å²) in [5.74, 6) is 0. The van der Waals surface area contributed by atoms with Crippen molar-refractivity contribution in [2.45, 2.75) is 6.54 Å². The van der Waals surface area contributed by atoms with Crippen molar-refractivity contribution in [3.63, 3.8) is 0 Å². The van der Waals surface area contributed by atoms with Crippen molar-refractivity contribution in [3.05, 3.63) is 41.4 Å². The minimum Gasteiger partial charge on any atom is -0.395 e. The normalized spacial score (nSPS) is 11.0. The Morgan fingerprint density at radius 2 is 2.00 bits per heavy atom. The van der Waals surface area contributed by atoms with Crippen LogP contribution in [-0.4, -0.2) is 31.2 Å². The van der Waals surface area contributed by atoms with Crippen LogP contribution in [-0.2, 0) is 6.54 Å². The molecule has 3 aromatic rings. The molecule has 0 bridgehead atoms. The number of aliphatic hydroxyl groups is 1. The number of aromatic nitrogens is 4. The van der Waals surface area contributed by atoms with Gasteiger partial charge in [-0.1, -0.05) is 0 Å². The summed E-state index contributed by atoms with van der Waals surface area (Å²) in [6.45, 7) is 0.466. The third-order valence-corrected chi connectivity index (χ3v) is 3.24. The molecule has 0 atom stereocenters. The lowest BCUT2D eigenvalue weighted by molar-refractivity contribution is 0.277. The number of imidazole rings is 1. The molecule has 0 spiro atoms. The number of hydrogen-bond acceptors (Lipinski definition) is 4. The molecule has 19 heavy (non-hydrogen) atoms. The standard InChI is InChI=1S/C13H12N4OS/c18-8-7-17-12-11(16-13(17)19)2-1-10(15-12)9-3-5-14-6-4-9/h1-6,18H,7-8H2,(H,16,19). The third kappa shape index (κ3) is 2.16. The molecular weight excluding hydrogens is 260 g/mol. The van der Waals surface area contributed by atoms with Crippen LogP contribution in [0.1, 0.15) is 0 Å². The molecule has 0 radical (unpaired) electrons. The highest BCUT2D eigenvalue weighted by Gasteiger charge is 2.07. The minimum atomic E-state index is 0.0302. The predicted octanol–water partition coefficient (Wildman–Crippen LogP) is 2.15. The van der Waals surface area contributed by atoms with E-state index in [4.69, 9.17) is 17.3 Å². The van der Waals surface area contributed by atoms with Gasteiger partial charge < -0.3 is 10.1 Å². The minimum absolute atomic E-state index is 0.0302. The topological polar surface area (TPSA) is 66.7 Å². The molecule has 6 heteroatoms. The van der Waals surface area contributed by atoms with E-state index in [-0.39, 0.29) is 6.61 Å². The number of hydrogen-bond donors (Lipinski definition) is 2. The van der Waals surface area contributed by atoms with Crippen molar-refractivity contribution >= 4 is 23.4 Å². The van der Waals surface area contributed by atoms with E-state index in [1.165, 1.54) is 0 Å². The Kier molecular flexibility index (Phi) is 3.10. The fourth-order valence-electron chi connectivity index (χ4n) is 2.02. The Morgan fingerprint density at radius 1 is 1.21 bits per heavy atom. The van der Waals surface area contributed by atoms with E-state index in [0.29, 0.717) is 11.3 Å². The average molecular weight is 272 g/mol. The molecule has 3 aromatic heterocycles. The summed E-state index contributed by atoms with van der Waals surface area (Å²) >= 11 is 5.22. The van der Waals surface area contributed by atoms with Crippen molar-refractivity contribution < 1.29 is 5.11 Å². The lowest BCUT2D eigenvalue weighted by Crippen LogP contribution is -2.03. The smallest absolute Gasteiger partial charge is 0.179 e. The maximum absolute atomic E-state index is 9.09. The van der Waals surface area contributed by atoms with Gasteiger partial charge in [0.25, 0.3) is 0 Å². The maximum Gasteiger partial charge on any atom is 0.179 e. The summed E-state index contributed by atoms with van der Waals surface area (Å²) in [7, 11) is 0. The van der Waals surface area contributed by atoms with Crippen molar-refractivity contribution in [1.82, 2.24) is 19.5 Å². The van der Waals surface area contributed by atoms with Crippen LogP contribution < -0.4 is 0 Å². The average Bonchev–Trinajstić information content (AvgIpc) is 2.76. The largest absolute Gasteiger partial charge is 0.395 e. The van der Waals surface area contributed by atoms with E-state index in [1.54, 1.807) is 17.0 Å². The Labute approximate surface area is 114 Å². The van der Waals surface area contributed by atoms with Gasteiger partial charge >= 0.3 is 0 Å². The SMILES string of the molecule is OCCn1c(=S)[nH]c2ccc(-c3ccncc3)nc21. The number of nitrogens with one attached hydrogen (secondary N) is 1. The van der Waals surface area contributed by atoms with E-state index in [0.717, 1.165) is 22.4 Å². The number of aliphatic hydroxyl groups excluding tert-OH is 1. The van der Waals surface area contributed by atoms with Gasteiger partial charge in [-0.05, 0) is 36.5 Å². The molecule has 0 aliphatic carbocycles. The number of nitrogens with zero attached hydrogens (tertiary/aromatic N) is 3. The lowest BCUT2D eigenvalue weighted by Gasteiger charge is -2.03. The summed E-state index contributed by atoms with van der Waals surface area (Å²) in [6, 6.07) is 7.70. The van der Waals surface area contributed by atoms with Crippen molar-refractivity contribution in [1.29, 1.82) is 0 Å². The van der Waals surface area contributed by atoms with Gasteiger partial charge in [-0.2, -0.15) is 0 Å². The van der Waals surface area contributed by atoms with E-state index < -0.39 is 0 Å². The molecule has 2 N–H and O–H groups in total. The fourth-order valence-corrected chi connectivity index (χ4v) is 2.31.